The van der Waals surface area contributed by atoms with E-state index in [-0.39, 0.29) is 11.7 Å². The highest BCUT2D eigenvalue weighted by atomic mass is 19.1. The molecule has 3 rings (SSSR count). The number of carbonyl (C=O) groups is 1. The summed E-state index contributed by atoms with van der Waals surface area (Å²) in [5.74, 6) is -0.586. The third kappa shape index (κ3) is 2.77. The molecule has 0 aliphatic heterocycles. The smallest absolute Gasteiger partial charge is 0.340 e. The summed E-state index contributed by atoms with van der Waals surface area (Å²) < 4.78 is 25.5. The molecule has 5 heteroatoms. The molecule has 23 heavy (non-hydrogen) atoms. The van der Waals surface area contributed by atoms with Crippen molar-refractivity contribution in [2.24, 2.45) is 0 Å². The molecule has 2 aromatic carbocycles. The summed E-state index contributed by atoms with van der Waals surface area (Å²) in [5, 5.41) is 0.813. The number of esters is 1. The predicted octanol–water partition coefficient (Wildman–Crippen LogP) is 3.62. The van der Waals surface area contributed by atoms with Gasteiger partial charge in [0.15, 0.2) is 11.6 Å². The van der Waals surface area contributed by atoms with Crippen molar-refractivity contribution in [1.29, 1.82) is 0 Å². The van der Waals surface area contributed by atoms with Crippen LogP contribution in [0.5, 0.6) is 5.75 Å². The van der Waals surface area contributed by atoms with Gasteiger partial charge in [0.2, 0.25) is 0 Å². The fourth-order valence-electron chi connectivity index (χ4n) is 2.66. The van der Waals surface area contributed by atoms with Gasteiger partial charge in [-0.1, -0.05) is 24.3 Å². The molecule has 0 bridgehead atoms. The number of carbonyl (C=O) groups excluding carboxylic acids is 1. The number of aromatic nitrogens is 1. The van der Waals surface area contributed by atoms with Gasteiger partial charge in [-0.25, -0.2) is 9.18 Å². The van der Waals surface area contributed by atoms with Crippen LogP contribution in [0.1, 0.15) is 15.9 Å². The zero-order chi connectivity index (χ0) is 16.4. The van der Waals surface area contributed by atoms with Crippen LogP contribution in [0.15, 0.2) is 48.7 Å². The Morgan fingerprint density at radius 1 is 1.17 bits per heavy atom. The van der Waals surface area contributed by atoms with Crippen LogP contribution in [-0.2, 0) is 11.3 Å². The number of halogens is 1. The van der Waals surface area contributed by atoms with E-state index in [0.29, 0.717) is 12.1 Å². The van der Waals surface area contributed by atoms with Crippen molar-refractivity contribution in [1.82, 2.24) is 4.57 Å². The number of nitrogens with zero attached hydrogens (tertiary/aromatic N) is 1. The SMILES string of the molecule is COC(=O)c1cn(Cc2ccc(OC)c(F)c2)c2ccccc12. The van der Waals surface area contributed by atoms with Gasteiger partial charge in [-0.05, 0) is 23.8 Å². The lowest BCUT2D eigenvalue weighted by molar-refractivity contribution is 0.0602. The van der Waals surface area contributed by atoms with Crippen LogP contribution in [0.4, 0.5) is 4.39 Å². The van der Waals surface area contributed by atoms with E-state index in [1.54, 1.807) is 18.3 Å². The topological polar surface area (TPSA) is 40.5 Å². The number of fused-ring (bicyclic) bond motifs is 1. The van der Waals surface area contributed by atoms with Crippen molar-refractivity contribution in [2.75, 3.05) is 14.2 Å². The Balaban J connectivity index is 2.03. The molecule has 3 aromatic rings. The lowest BCUT2D eigenvalue weighted by Crippen LogP contribution is -2.01. The molecule has 0 saturated heterocycles. The zero-order valence-electron chi connectivity index (χ0n) is 12.9. The first-order chi connectivity index (χ1) is 11.1. The van der Waals surface area contributed by atoms with Gasteiger partial charge in [0.25, 0.3) is 0 Å². The minimum atomic E-state index is -0.408. The van der Waals surface area contributed by atoms with Gasteiger partial charge >= 0.3 is 5.97 Å². The quantitative estimate of drug-likeness (QED) is 0.691. The van der Waals surface area contributed by atoms with E-state index < -0.39 is 5.82 Å². The molecule has 0 aliphatic carbocycles. The van der Waals surface area contributed by atoms with Gasteiger partial charge in [0, 0.05) is 23.6 Å². The summed E-state index contributed by atoms with van der Waals surface area (Å²) in [5.41, 5.74) is 2.17. The molecule has 0 amide bonds. The van der Waals surface area contributed by atoms with Gasteiger partial charge < -0.3 is 14.0 Å². The Morgan fingerprint density at radius 2 is 1.96 bits per heavy atom. The molecule has 0 atom stereocenters. The van der Waals surface area contributed by atoms with Gasteiger partial charge in [0.05, 0.1) is 19.8 Å². The first-order valence-corrected chi connectivity index (χ1v) is 7.12. The molecular weight excluding hydrogens is 297 g/mol. The van der Waals surface area contributed by atoms with E-state index in [0.717, 1.165) is 16.5 Å². The number of benzene rings is 2. The number of methoxy groups -OCH3 is 2. The van der Waals surface area contributed by atoms with Crippen LogP contribution in [0.2, 0.25) is 0 Å². The minimum Gasteiger partial charge on any atom is -0.494 e. The fourth-order valence-corrected chi connectivity index (χ4v) is 2.66. The van der Waals surface area contributed by atoms with E-state index in [2.05, 4.69) is 0 Å². The monoisotopic (exact) mass is 313 g/mol. The summed E-state index contributed by atoms with van der Waals surface area (Å²) in [6.45, 7) is 0.443. The average molecular weight is 313 g/mol. The molecule has 1 heterocycles. The van der Waals surface area contributed by atoms with Gasteiger partial charge in [-0.3, -0.25) is 0 Å². The Labute approximate surface area is 133 Å². The second kappa shape index (κ2) is 6.12. The lowest BCUT2D eigenvalue weighted by atomic mass is 10.2. The predicted molar refractivity (Wildman–Crippen MR) is 85.3 cm³/mol. The maximum atomic E-state index is 13.8. The molecule has 0 unspecified atom stereocenters. The maximum absolute atomic E-state index is 13.8. The minimum absolute atomic E-state index is 0.210. The second-order valence-corrected chi connectivity index (χ2v) is 5.15. The second-order valence-electron chi connectivity index (χ2n) is 5.15. The molecule has 0 saturated carbocycles. The van der Waals surface area contributed by atoms with Gasteiger partial charge in [-0.15, -0.1) is 0 Å². The number of hydrogen-bond acceptors (Lipinski definition) is 3. The van der Waals surface area contributed by atoms with Crippen molar-refractivity contribution >= 4 is 16.9 Å². The van der Waals surface area contributed by atoms with Crippen LogP contribution >= 0.6 is 0 Å². The van der Waals surface area contributed by atoms with Crippen molar-refractivity contribution in [3.63, 3.8) is 0 Å². The summed E-state index contributed by atoms with van der Waals surface area (Å²) >= 11 is 0. The highest BCUT2D eigenvalue weighted by molar-refractivity contribution is 6.04. The summed E-state index contributed by atoms with van der Waals surface area (Å²) in [4.78, 5) is 11.9. The van der Waals surface area contributed by atoms with Crippen LogP contribution in [0, 0.1) is 5.82 Å². The van der Waals surface area contributed by atoms with Crippen molar-refractivity contribution < 1.29 is 18.7 Å². The molecule has 118 valence electrons. The van der Waals surface area contributed by atoms with Crippen LogP contribution < -0.4 is 4.74 Å². The Hall–Kier alpha value is -2.82. The summed E-state index contributed by atoms with van der Waals surface area (Å²) in [7, 11) is 2.79. The molecule has 0 N–H and O–H groups in total. The highest BCUT2D eigenvalue weighted by Crippen LogP contribution is 2.24. The van der Waals surface area contributed by atoms with Gasteiger partial charge in [-0.2, -0.15) is 0 Å². The largest absolute Gasteiger partial charge is 0.494 e. The number of para-hydroxylation sites is 1. The standard InChI is InChI=1S/C18H16FNO3/c1-22-17-8-7-12(9-15(17)19)10-20-11-14(18(21)23-2)13-5-3-4-6-16(13)20/h3-9,11H,10H2,1-2H3. The number of hydrogen-bond donors (Lipinski definition) is 0. The van der Waals surface area contributed by atoms with E-state index in [1.165, 1.54) is 20.3 Å². The van der Waals surface area contributed by atoms with Crippen molar-refractivity contribution in [2.45, 2.75) is 6.54 Å². The summed E-state index contributed by atoms with van der Waals surface area (Å²) in [6, 6.07) is 12.4. The normalized spacial score (nSPS) is 10.7. The van der Waals surface area contributed by atoms with E-state index in [1.807, 2.05) is 28.8 Å². The zero-order valence-corrected chi connectivity index (χ0v) is 12.9. The Morgan fingerprint density at radius 3 is 2.65 bits per heavy atom. The van der Waals surface area contributed by atoms with E-state index in [4.69, 9.17) is 9.47 Å². The molecule has 0 aliphatic rings. The van der Waals surface area contributed by atoms with Crippen molar-refractivity contribution in [3.8, 4) is 5.75 Å². The fraction of sp³-hybridized carbons (Fsp3) is 0.167. The van der Waals surface area contributed by atoms with E-state index >= 15 is 0 Å². The number of rotatable bonds is 4. The van der Waals surface area contributed by atoms with Crippen molar-refractivity contribution in [3.05, 3.63) is 65.6 Å². The lowest BCUT2D eigenvalue weighted by Gasteiger charge is -2.07. The van der Waals surface area contributed by atoms with Crippen LogP contribution in [0.3, 0.4) is 0 Å². The Bertz CT molecular complexity index is 870. The molecule has 0 radical (unpaired) electrons. The van der Waals surface area contributed by atoms with E-state index in [9.17, 15) is 9.18 Å². The maximum Gasteiger partial charge on any atom is 0.340 e. The molecular formula is C18H16FNO3. The Kier molecular flexibility index (Phi) is 4.02. The van der Waals surface area contributed by atoms with Crippen LogP contribution in [0.25, 0.3) is 10.9 Å². The van der Waals surface area contributed by atoms with Crippen LogP contribution in [-0.4, -0.2) is 24.8 Å². The third-order valence-corrected chi connectivity index (χ3v) is 3.76. The first-order valence-electron chi connectivity index (χ1n) is 7.12. The molecule has 4 nitrogen and oxygen atoms in total. The summed E-state index contributed by atoms with van der Waals surface area (Å²) in [6.07, 6.45) is 1.73. The average Bonchev–Trinajstić information content (AvgIpc) is 2.93. The molecule has 1 aromatic heterocycles. The number of ether oxygens (including phenoxy) is 2. The molecule has 0 fully saturated rings. The highest BCUT2D eigenvalue weighted by Gasteiger charge is 2.15. The third-order valence-electron chi connectivity index (χ3n) is 3.76. The first kappa shape index (κ1) is 15.1. The molecule has 0 spiro atoms. The van der Waals surface area contributed by atoms with Gasteiger partial charge in [0.1, 0.15) is 0 Å².